The summed E-state index contributed by atoms with van der Waals surface area (Å²) in [5.41, 5.74) is 4.86. The molecule has 98 valence electrons. The highest BCUT2D eigenvalue weighted by Crippen LogP contribution is 2.11. The lowest BCUT2D eigenvalue weighted by Gasteiger charge is -2.28. The Morgan fingerprint density at radius 2 is 2.22 bits per heavy atom. The van der Waals surface area contributed by atoms with E-state index in [1.54, 1.807) is 13.0 Å². The summed E-state index contributed by atoms with van der Waals surface area (Å²) >= 11 is 0. The molecule has 0 radical (unpaired) electrons. The number of carbonyl (C=O) groups is 1. The van der Waals surface area contributed by atoms with Gasteiger partial charge in [-0.25, -0.2) is 9.18 Å². The topological polar surface area (TPSA) is 91.0 Å². The third-order valence-corrected chi connectivity index (χ3v) is 2.77. The molecule has 18 heavy (non-hydrogen) atoms. The van der Waals surface area contributed by atoms with Gasteiger partial charge in [-0.15, -0.1) is 0 Å². The monoisotopic (exact) mass is 252 g/mol. The molecule has 1 aromatic rings. The van der Waals surface area contributed by atoms with Crippen LogP contribution in [-0.4, -0.2) is 17.4 Å². The second kappa shape index (κ2) is 5.48. The van der Waals surface area contributed by atoms with Crippen molar-refractivity contribution in [2.24, 2.45) is 5.73 Å². The van der Waals surface area contributed by atoms with Crippen molar-refractivity contribution in [2.45, 2.75) is 25.8 Å². The number of halogens is 1. The maximum absolute atomic E-state index is 12.9. The van der Waals surface area contributed by atoms with Crippen LogP contribution in [0, 0.1) is 11.2 Å². The summed E-state index contributed by atoms with van der Waals surface area (Å²) in [7, 11) is 0. The standard InChI is InChI=1S/C12H17FN4O/c1-3-12(2,10(14)15)17-11(18)16-9-6-4-5-8(13)7-9/h4-7H,3H2,1-2H3,(H3,14,15)(H2,16,17,18). The van der Waals surface area contributed by atoms with Crippen molar-refractivity contribution in [3.63, 3.8) is 0 Å². The number of anilines is 1. The summed E-state index contributed by atoms with van der Waals surface area (Å²) in [5, 5.41) is 12.5. The first kappa shape index (κ1) is 14.0. The van der Waals surface area contributed by atoms with Crippen LogP contribution in [0.4, 0.5) is 14.9 Å². The van der Waals surface area contributed by atoms with Crippen molar-refractivity contribution in [1.29, 1.82) is 5.41 Å². The summed E-state index contributed by atoms with van der Waals surface area (Å²) in [6.07, 6.45) is 0.485. The molecule has 6 heteroatoms. The van der Waals surface area contributed by atoms with Gasteiger partial charge in [0.05, 0.1) is 5.54 Å². The van der Waals surface area contributed by atoms with Gasteiger partial charge in [0.2, 0.25) is 0 Å². The quantitative estimate of drug-likeness (QED) is 0.488. The highest BCUT2D eigenvalue weighted by Gasteiger charge is 2.27. The van der Waals surface area contributed by atoms with Crippen molar-refractivity contribution >= 4 is 17.6 Å². The predicted molar refractivity (Wildman–Crippen MR) is 69.2 cm³/mol. The van der Waals surface area contributed by atoms with Crippen LogP contribution >= 0.6 is 0 Å². The smallest absolute Gasteiger partial charge is 0.320 e. The summed E-state index contributed by atoms with van der Waals surface area (Å²) in [5.74, 6) is -0.558. The minimum Gasteiger partial charge on any atom is -0.386 e. The Bertz CT molecular complexity index is 463. The second-order valence-electron chi connectivity index (χ2n) is 4.19. The molecule has 0 saturated heterocycles. The lowest BCUT2D eigenvalue weighted by molar-refractivity contribution is 0.245. The third kappa shape index (κ3) is 3.44. The number of amidine groups is 1. The number of hydrogen-bond acceptors (Lipinski definition) is 2. The van der Waals surface area contributed by atoms with E-state index in [1.165, 1.54) is 18.2 Å². The van der Waals surface area contributed by atoms with E-state index >= 15 is 0 Å². The zero-order valence-electron chi connectivity index (χ0n) is 10.4. The van der Waals surface area contributed by atoms with E-state index in [-0.39, 0.29) is 5.84 Å². The fourth-order valence-corrected chi connectivity index (χ4v) is 1.33. The fraction of sp³-hybridized carbons (Fsp3) is 0.333. The van der Waals surface area contributed by atoms with E-state index in [2.05, 4.69) is 10.6 Å². The third-order valence-electron chi connectivity index (χ3n) is 2.77. The second-order valence-corrected chi connectivity index (χ2v) is 4.19. The van der Waals surface area contributed by atoms with Crippen LogP contribution in [0.15, 0.2) is 24.3 Å². The summed E-state index contributed by atoms with van der Waals surface area (Å²) in [6.45, 7) is 3.46. The minimum atomic E-state index is -0.905. The first-order chi connectivity index (χ1) is 8.37. The van der Waals surface area contributed by atoms with Gasteiger partial charge in [0, 0.05) is 5.69 Å². The number of hydrogen-bond donors (Lipinski definition) is 4. The molecular formula is C12H17FN4O. The molecule has 0 fully saturated rings. The molecule has 0 aliphatic rings. The van der Waals surface area contributed by atoms with Crippen molar-refractivity contribution < 1.29 is 9.18 Å². The Labute approximate surface area is 105 Å². The molecule has 0 saturated carbocycles. The van der Waals surface area contributed by atoms with Crippen molar-refractivity contribution in [1.82, 2.24) is 5.32 Å². The number of carbonyl (C=O) groups excluding carboxylic acids is 1. The Morgan fingerprint density at radius 1 is 1.56 bits per heavy atom. The number of amides is 2. The van der Waals surface area contributed by atoms with Crippen LogP contribution in [0.2, 0.25) is 0 Å². The molecule has 1 aromatic carbocycles. The number of urea groups is 1. The van der Waals surface area contributed by atoms with E-state index in [1.807, 2.05) is 6.92 Å². The zero-order chi connectivity index (χ0) is 13.8. The molecule has 0 aliphatic carbocycles. The van der Waals surface area contributed by atoms with E-state index < -0.39 is 17.4 Å². The van der Waals surface area contributed by atoms with Gasteiger partial charge in [-0.1, -0.05) is 13.0 Å². The summed E-state index contributed by atoms with van der Waals surface area (Å²) < 4.78 is 12.9. The van der Waals surface area contributed by atoms with Gasteiger partial charge in [0.1, 0.15) is 11.7 Å². The molecule has 2 amide bonds. The van der Waals surface area contributed by atoms with Crippen molar-refractivity contribution in [2.75, 3.05) is 5.32 Å². The average molecular weight is 252 g/mol. The SMILES string of the molecule is CCC(C)(NC(=O)Nc1cccc(F)c1)C(=N)N. The van der Waals surface area contributed by atoms with E-state index in [9.17, 15) is 9.18 Å². The molecule has 5 nitrogen and oxygen atoms in total. The molecular weight excluding hydrogens is 235 g/mol. The van der Waals surface area contributed by atoms with Gasteiger partial charge >= 0.3 is 6.03 Å². The Balaban J connectivity index is 2.70. The first-order valence-corrected chi connectivity index (χ1v) is 5.56. The van der Waals surface area contributed by atoms with Gasteiger partial charge in [-0.3, -0.25) is 5.41 Å². The molecule has 0 aromatic heterocycles. The molecule has 1 unspecified atom stereocenters. The Morgan fingerprint density at radius 3 is 2.72 bits per heavy atom. The lowest BCUT2D eigenvalue weighted by atomic mass is 9.98. The molecule has 0 heterocycles. The van der Waals surface area contributed by atoms with Gasteiger partial charge in [0.25, 0.3) is 0 Å². The van der Waals surface area contributed by atoms with Crippen LogP contribution in [0.1, 0.15) is 20.3 Å². The fourth-order valence-electron chi connectivity index (χ4n) is 1.33. The zero-order valence-corrected chi connectivity index (χ0v) is 10.4. The van der Waals surface area contributed by atoms with Crippen LogP contribution in [-0.2, 0) is 0 Å². The number of nitrogens with one attached hydrogen (secondary N) is 3. The number of rotatable bonds is 4. The molecule has 0 spiro atoms. The maximum atomic E-state index is 12.9. The first-order valence-electron chi connectivity index (χ1n) is 5.56. The van der Waals surface area contributed by atoms with Gasteiger partial charge in [-0.2, -0.15) is 0 Å². The van der Waals surface area contributed by atoms with E-state index in [0.717, 1.165) is 0 Å². The summed E-state index contributed by atoms with van der Waals surface area (Å²) in [4.78, 5) is 11.7. The van der Waals surface area contributed by atoms with Crippen molar-refractivity contribution in [3.8, 4) is 0 Å². The highest BCUT2D eigenvalue weighted by atomic mass is 19.1. The van der Waals surface area contributed by atoms with Gasteiger partial charge in [-0.05, 0) is 31.5 Å². The molecule has 0 bridgehead atoms. The predicted octanol–water partition coefficient (Wildman–Crippen LogP) is 2.05. The summed E-state index contributed by atoms with van der Waals surface area (Å²) in [6, 6.07) is 5.03. The maximum Gasteiger partial charge on any atom is 0.320 e. The van der Waals surface area contributed by atoms with Crippen LogP contribution in [0.5, 0.6) is 0 Å². The normalized spacial score (nSPS) is 13.5. The highest BCUT2D eigenvalue weighted by molar-refractivity contribution is 5.96. The van der Waals surface area contributed by atoms with Gasteiger partial charge in [0.15, 0.2) is 0 Å². The number of benzene rings is 1. The van der Waals surface area contributed by atoms with E-state index in [4.69, 9.17) is 11.1 Å². The van der Waals surface area contributed by atoms with Gasteiger partial charge < -0.3 is 16.4 Å². The average Bonchev–Trinajstić information content (AvgIpc) is 2.28. The largest absolute Gasteiger partial charge is 0.386 e. The van der Waals surface area contributed by atoms with E-state index in [0.29, 0.717) is 12.1 Å². The molecule has 0 aliphatic heterocycles. The molecule has 1 rings (SSSR count). The van der Waals surface area contributed by atoms with Crippen molar-refractivity contribution in [3.05, 3.63) is 30.1 Å². The molecule has 5 N–H and O–H groups in total. The Hall–Kier alpha value is -2.11. The van der Waals surface area contributed by atoms with Crippen LogP contribution in [0.25, 0.3) is 0 Å². The van der Waals surface area contributed by atoms with Crippen LogP contribution in [0.3, 0.4) is 0 Å². The number of nitrogens with two attached hydrogens (primary N) is 1. The van der Waals surface area contributed by atoms with Crippen LogP contribution < -0.4 is 16.4 Å². The lowest BCUT2D eigenvalue weighted by Crippen LogP contribution is -2.55. The Kier molecular flexibility index (Phi) is 4.25. The minimum absolute atomic E-state index is 0.126. The molecule has 1 atom stereocenters.